The lowest BCUT2D eigenvalue weighted by molar-refractivity contribution is -0.130. The Morgan fingerprint density at radius 1 is 1.09 bits per heavy atom. The van der Waals surface area contributed by atoms with Gasteiger partial charge in [0.15, 0.2) is 5.65 Å². The third kappa shape index (κ3) is 2.67. The van der Waals surface area contributed by atoms with Crippen molar-refractivity contribution in [1.29, 1.82) is 0 Å². The Hall–Kier alpha value is -2.44. The van der Waals surface area contributed by atoms with Crippen LogP contribution >= 0.6 is 0 Å². The summed E-state index contributed by atoms with van der Waals surface area (Å²) in [7, 11) is 1.83. The Balaban J connectivity index is 1.94. The molecule has 3 rings (SSSR count). The first-order chi connectivity index (χ1) is 10.9. The van der Waals surface area contributed by atoms with Crippen molar-refractivity contribution in [2.45, 2.75) is 20.8 Å². The number of hydrogen-bond acceptors (Lipinski definition) is 4. The summed E-state index contributed by atoms with van der Waals surface area (Å²) in [5.41, 5.74) is 2.98. The summed E-state index contributed by atoms with van der Waals surface area (Å²) in [5.74, 6) is 0.0437. The SMILES string of the molecule is CC(=O)N1CCN(C(=O)c2cc(C)nc3c2c(C)nn3C)CC1. The van der Waals surface area contributed by atoms with Gasteiger partial charge >= 0.3 is 0 Å². The Bertz CT molecular complexity index is 787. The molecule has 0 aromatic carbocycles. The lowest BCUT2D eigenvalue weighted by atomic mass is 10.1. The molecule has 2 aromatic heterocycles. The third-order valence-electron chi connectivity index (χ3n) is 4.34. The van der Waals surface area contributed by atoms with Crippen LogP contribution in [0.25, 0.3) is 11.0 Å². The summed E-state index contributed by atoms with van der Waals surface area (Å²) in [4.78, 5) is 32.4. The maximum atomic E-state index is 13.0. The number of carbonyl (C=O) groups excluding carboxylic acids is 2. The fourth-order valence-electron chi connectivity index (χ4n) is 3.13. The molecule has 1 aliphatic rings. The van der Waals surface area contributed by atoms with Crippen molar-refractivity contribution in [1.82, 2.24) is 24.6 Å². The second-order valence-electron chi connectivity index (χ2n) is 6.02. The van der Waals surface area contributed by atoms with Crippen LogP contribution in [0.4, 0.5) is 0 Å². The standard InChI is InChI=1S/C16H21N5O2/c1-10-9-13(14-11(2)18-19(4)15(14)17-10)16(23)21-7-5-20(6-8-21)12(3)22/h9H,5-8H2,1-4H3. The zero-order valence-electron chi connectivity index (χ0n) is 14.0. The number of rotatable bonds is 1. The Morgan fingerprint density at radius 3 is 2.30 bits per heavy atom. The van der Waals surface area contributed by atoms with E-state index in [2.05, 4.69) is 10.1 Å². The first-order valence-electron chi connectivity index (χ1n) is 7.74. The topological polar surface area (TPSA) is 71.3 Å². The number of pyridine rings is 1. The molecule has 0 N–H and O–H groups in total. The van der Waals surface area contributed by atoms with E-state index in [1.54, 1.807) is 21.4 Å². The van der Waals surface area contributed by atoms with Gasteiger partial charge in [0, 0.05) is 45.8 Å². The van der Waals surface area contributed by atoms with E-state index in [0.29, 0.717) is 31.7 Å². The molecule has 1 saturated heterocycles. The van der Waals surface area contributed by atoms with E-state index >= 15 is 0 Å². The van der Waals surface area contributed by atoms with Crippen LogP contribution in [0.15, 0.2) is 6.07 Å². The first-order valence-corrected chi connectivity index (χ1v) is 7.74. The minimum atomic E-state index is -0.0141. The third-order valence-corrected chi connectivity index (χ3v) is 4.34. The summed E-state index contributed by atoms with van der Waals surface area (Å²) in [6, 6.07) is 1.83. The number of nitrogens with zero attached hydrogens (tertiary/aromatic N) is 5. The van der Waals surface area contributed by atoms with Gasteiger partial charge in [-0.3, -0.25) is 14.3 Å². The molecule has 0 spiro atoms. The summed E-state index contributed by atoms with van der Waals surface area (Å²) in [5, 5.41) is 5.20. The van der Waals surface area contributed by atoms with Crippen LogP contribution in [0.1, 0.15) is 28.7 Å². The molecule has 7 heteroatoms. The Labute approximate surface area is 134 Å². The molecule has 7 nitrogen and oxygen atoms in total. The van der Waals surface area contributed by atoms with Crippen molar-refractivity contribution in [3.05, 3.63) is 23.0 Å². The summed E-state index contributed by atoms with van der Waals surface area (Å²) >= 11 is 0. The summed E-state index contributed by atoms with van der Waals surface area (Å²) < 4.78 is 1.71. The van der Waals surface area contributed by atoms with Gasteiger partial charge in [-0.15, -0.1) is 0 Å². The smallest absolute Gasteiger partial charge is 0.254 e. The number of hydrogen-bond donors (Lipinski definition) is 0. The highest BCUT2D eigenvalue weighted by molar-refractivity contribution is 6.06. The van der Waals surface area contributed by atoms with Crippen LogP contribution in [-0.4, -0.2) is 62.6 Å². The van der Waals surface area contributed by atoms with Crippen molar-refractivity contribution in [3.63, 3.8) is 0 Å². The number of fused-ring (bicyclic) bond motifs is 1. The highest BCUT2D eigenvalue weighted by Crippen LogP contribution is 2.23. The molecule has 2 amide bonds. The van der Waals surface area contributed by atoms with Crippen LogP contribution in [0.2, 0.25) is 0 Å². The molecule has 0 atom stereocenters. The monoisotopic (exact) mass is 315 g/mol. The van der Waals surface area contributed by atoms with E-state index in [1.165, 1.54) is 0 Å². The van der Waals surface area contributed by atoms with Crippen LogP contribution in [-0.2, 0) is 11.8 Å². The normalized spacial score (nSPS) is 15.3. The minimum Gasteiger partial charge on any atom is -0.339 e. The molecule has 1 aliphatic heterocycles. The number of amides is 2. The highest BCUT2D eigenvalue weighted by Gasteiger charge is 2.26. The molecular formula is C16H21N5O2. The van der Waals surface area contributed by atoms with Gasteiger partial charge in [0.2, 0.25) is 5.91 Å². The van der Waals surface area contributed by atoms with Crippen LogP contribution in [0.5, 0.6) is 0 Å². The quantitative estimate of drug-likeness (QED) is 0.783. The Morgan fingerprint density at radius 2 is 1.70 bits per heavy atom. The number of piperazine rings is 1. The highest BCUT2D eigenvalue weighted by atomic mass is 16.2. The van der Waals surface area contributed by atoms with E-state index in [9.17, 15) is 9.59 Å². The molecule has 2 aromatic rings. The molecule has 0 aliphatic carbocycles. The summed E-state index contributed by atoms with van der Waals surface area (Å²) in [6.07, 6.45) is 0. The molecule has 0 unspecified atom stereocenters. The fourth-order valence-corrected chi connectivity index (χ4v) is 3.13. The van der Waals surface area contributed by atoms with Crippen LogP contribution in [0.3, 0.4) is 0 Å². The van der Waals surface area contributed by atoms with Crippen LogP contribution < -0.4 is 0 Å². The average molecular weight is 315 g/mol. The molecule has 3 heterocycles. The van der Waals surface area contributed by atoms with Gasteiger partial charge in [-0.25, -0.2) is 4.98 Å². The first kappa shape index (κ1) is 15.5. The predicted molar refractivity (Wildman–Crippen MR) is 86.1 cm³/mol. The average Bonchev–Trinajstić information content (AvgIpc) is 2.80. The largest absolute Gasteiger partial charge is 0.339 e. The molecule has 0 bridgehead atoms. The van der Waals surface area contributed by atoms with Gasteiger partial charge < -0.3 is 9.80 Å². The van der Waals surface area contributed by atoms with Crippen molar-refractivity contribution < 1.29 is 9.59 Å². The van der Waals surface area contributed by atoms with Gasteiger partial charge in [0.05, 0.1) is 16.6 Å². The van der Waals surface area contributed by atoms with Crippen molar-refractivity contribution in [2.24, 2.45) is 7.05 Å². The van der Waals surface area contributed by atoms with E-state index in [-0.39, 0.29) is 11.8 Å². The number of aryl methyl sites for hydroxylation is 3. The molecular weight excluding hydrogens is 294 g/mol. The van der Waals surface area contributed by atoms with Crippen molar-refractivity contribution in [3.8, 4) is 0 Å². The zero-order chi connectivity index (χ0) is 16.7. The van der Waals surface area contributed by atoms with E-state index in [0.717, 1.165) is 22.4 Å². The predicted octanol–water partition coefficient (Wildman–Crippen LogP) is 0.889. The zero-order valence-corrected chi connectivity index (χ0v) is 14.0. The van der Waals surface area contributed by atoms with Crippen molar-refractivity contribution >= 4 is 22.8 Å². The van der Waals surface area contributed by atoms with E-state index < -0.39 is 0 Å². The molecule has 0 saturated carbocycles. The van der Waals surface area contributed by atoms with Gasteiger partial charge in [-0.05, 0) is 19.9 Å². The number of carbonyl (C=O) groups is 2. The second-order valence-corrected chi connectivity index (χ2v) is 6.02. The Kier molecular flexibility index (Phi) is 3.79. The maximum Gasteiger partial charge on any atom is 0.254 e. The van der Waals surface area contributed by atoms with Gasteiger partial charge in [0.25, 0.3) is 5.91 Å². The van der Waals surface area contributed by atoms with E-state index in [1.807, 2.05) is 27.0 Å². The molecule has 0 radical (unpaired) electrons. The summed E-state index contributed by atoms with van der Waals surface area (Å²) in [6.45, 7) is 7.62. The van der Waals surface area contributed by atoms with Gasteiger partial charge in [0.1, 0.15) is 0 Å². The second kappa shape index (κ2) is 5.64. The fraction of sp³-hybridized carbons (Fsp3) is 0.500. The number of aromatic nitrogens is 3. The minimum absolute atomic E-state index is 0.0141. The lowest BCUT2D eigenvalue weighted by Gasteiger charge is -2.34. The molecule has 122 valence electrons. The van der Waals surface area contributed by atoms with Gasteiger partial charge in [-0.2, -0.15) is 5.10 Å². The molecule has 23 heavy (non-hydrogen) atoms. The molecule has 1 fully saturated rings. The lowest BCUT2D eigenvalue weighted by Crippen LogP contribution is -2.50. The van der Waals surface area contributed by atoms with E-state index in [4.69, 9.17) is 0 Å². The van der Waals surface area contributed by atoms with Crippen molar-refractivity contribution in [2.75, 3.05) is 26.2 Å². The van der Waals surface area contributed by atoms with Crippen LogP contribution in [0, 0.1) is 13.8 Å². The maximum absolute atomic E-state index is 13.0. The van der Waals surface area contributed by atoms with Gasteiger partial charge in [-0.1, -0.05) is 0 Å².